The molecule has 5 nitrogen and oxygen atoms in total. The molecule has 0 aromatic heterocycles. The number of hydrogen-bond donors (Lipinski definition) is 0. The van der Waals surface area contributed by atoms with E-state index in [0.29, 0.717) is 5.57 Å². The Morgan fingerprint density at radius 2 is 1.52 bits per heavy atom. The van der Waals surface area contributed by atoms with E-state index in [-0.39, 0.29) is 5.97 Å². The second-order valence-corrected chi connectivity index (χ2v) is 5.50. The number of rotatable bonds is 5. The summed E-state index contributed by atoms with van der Waals surface area (Å²) < 4.78 is 16.0. The normalized spacial score (nSPS) is 17.1. The molecule has 0 N–H and O–H groups in total. The predicted octanol–water partition coefficient (Wildman–Crippen LogP) is 3.46. The first kappa shape index (κ1) is 16.8. The zero-order chi connectivity index (χ0) is 17.8. The van der Waals surface area contributed by atoms with E-state index >= 15 is 0 Å². The summed E-state index contributed by atoms with van der Waals surface area (Å²) in [5, 5.41) is 0. The highest BCUT2D eigenvalue weighted by molar-refractivity contribution is 6.19. The number of benzene rings is 2. The molecule has 0 radical (unpaired) electrons. The van der Waals surface area contributed by atoms with Crippen molar-refractivity contribution in [2.24, 2.45) is 4.99 Å². The summed E-state index contributed by atoms with van der Waals surface area (Å²) in [6.45, 7) is 0. The topological polar surface area (TPSA) is 57.1 Å². The average molecular weight is 337 g/mol. The monoisotopic (exact) mass is 337 g/mol. The van der Waals surface area contributed by atoms with Crippen molar-refractivity contribution in [2.75, 3.05) is 21.3 Å². The minimum absolute atomic E-state index is 0.378. The molecule has 25 heavy (non-hydrogen) atoms. The minimum atomic E-state index is -0.486. The number of aliphatic imine (C=N–C) groups is 1. The molecule has 1 heterocycles. The third-order valence-electron chi connectivity index (χ3n) is 4.07. The quantitative estimate of drug-likeness (QED) is 0.619. The van der Waals surface area contributed by atoms with Crippen molar-refractivity contribution in [3.05, 3.63) is 65.2 Å². The second kappa shape index (κ2) is 7.21. The van der Waals surface area contributed by atoms with Crippen molar-refractivity contribution in [1.29, 1.82) is 0 Å². The van der Waals surface area contributed by atoms with Gasteiger partial charge in [0.05, 0.1) is 19.8 Å². The number of nitrogens with zero attached hydrogens (tertiary/aromatic N) is 1. The lowest BCUT2D eigenvalue weighted by Gasteiger charge is -2.16. The van der Waals surface area contributed by atoms with E-state index in [2.05, 4.69) is 4.99 Å². The van der Waals surface area contributed by atoms with Crippen molar-refractivity contribution in [2.45, 2.75) is 6.10 Å². The Labute approximate surface area is 146 Å². The zero-order valence-electron chi connectivity index (χ0n) is 14.4. The van der Waals surface area contributed by atoms with Crippen molar-refractivity contribution in [3.63, 3.8) is 0 Å². The average Bonchev–Trinajstić information content (AvgIpc) is 2.99. The van der Waals surface area contributed by atoms with E-state index in [1.165, 1.54) is 0 Å². The molecule has 0 amide bonds. The van der Waals surface area contributed by atoms with Gasteiger partial charge in [-0.2, -0.15) is 0 Å². The van der Waals surface area contributed by atoms with Gasteiger partial charge in [0.25, 0.3) is 0 Å². The first-order chi connectivity index (χ1) is 12.2. The molecule has 1 unspecified atom stereocenters. The number of ether oxygens (including phenoxy) is 3. The van der Waals surface area contributed by atoms with Crippen LogP contribution in [0.5, 0.6) is 11.5 Å². The lowest BCUT2D eigenvalue weighted by Crippen LogP contribution is -2.03. The van der Waals surface area contributed by atoms with Crippen LogP contribution in [-0.4, -0.2) is 33.5 Å². The van der Waals surface area contributed by atoms with Crippen LogP contribution in [0, 0.1) is 0 Å². The summed E-state index contributed by atoms with van der Waals surface area (Å²) >= 11 is 0. The van der Waals surface area contributed by atoms with Gasteiger partial charge in [-0.05, 0) is 35.4 Å². The third-order valence-corrected chi connectivity index (χ3v) is 4.07. The lowest BCUT2D eigenvalue weighted by atomic mass is 9.93. The molecule has 1 atom stereocenters. The molecule has 2 aromatic carbocycles. The zero-order valence-corrected chi connectivity index (χ0v) is 14.4. The molecule has 0 saturated carbocycles. The summed E-state index contributed by atoms with van der Waals surface area (Å²) in [6.07, 6.45) is 1.06. The van der Waals surface area contributed by atoms with Gasteiger partial charge in [-0.15, -0.1) is 0 Å². The van der Waals surface area contributed by atoms with Crippen LogP contribution in [0.4, 0.5) is 0 Å². The SMILES string of the molecule is CN=CC1=C(c2ccc(OC)cc2)C(c2ccc(OC)cc2)OC1=O. The molecule has 1 aliphatic heterocycles. The molecule has 3 rings (SSSR count). The number of cyclic esters (lactones) is 1. The lowest BCUT2D eigenvalue weighted by molar-refractivity contribution is -0.139. The number of carbonyl (C=O) groups excluding carboxylic acids is 1. The van der Waals surface area contributed by atoms with Crippen LogP contribution in [0.15, 0.2) is 59.1 Å². The van der Waals surface area contributed by atoms with Crippen LogP contribution in [0.25, 0.3) is 5.57 Å². The Bertz CT molecular complexity index is 820. The maximum atomic E-state index is 12.4. The van der Waals surface area contributed by atoms with Crippen molar-refractivity contribution in [1.82, 2.24) is 0 Å². The van der Waals surface area contributed by atoms with Gasteiger partial charge < -0.3 is 14.2 Å². The van der Waals surface area contributed by atoms with Gasteiger partial charge >= 0.3 is 5.97 Å². The minimum Gasteiger partial charge on any atom is -0.497 e. The van der Waals surface area contributed by atoms with E-state index in [4.69, 9.17) is 14.2 Å². The van der Waals surface area contributed by atoms with Crippen molar-refractivity contribution >= 4 is 17.8 Å². The molecular formula is C20H19NO4. The maximum absolute atomic E-state index is 12.4. The number of hydrogen-bond acceptors (Lipinski definition) is 5. The van der Waals surface area contributed by atoms with E-state index in [9.17, 15) is 4.79 Å². The molecule has 5 heteroatoms. The molecule has 1 aliphatic rings. The molecule has 0 fully saturated rings. The van der Waals surface area contributed by atoms with Gasteiger partial charge in [0.2, 0.25) is 0 Å². The molecule has 0 spiro atoms. The Kier molecular flexibility index (Phi) is 4.84. The van der Waals surface area contributed by atoms with Crippen molar-refractivity contribution < 1.29 is 19.0 Å². The highest BCUT2D eigenvalue weighted by atomic mass is 16.5. The van der Waals surface area contributed by atoms with E-state index in [1.54, 1.807) is 27.5 Å². The van der Waals surface area contributed by atoms with Gasteiger partial charge in [0.15, 0.2) is 6.10 Å². The fourth-order valence-electron chi connectivity index (χ4n) is 2.82. The largest absolute Gasteiger partial charge is 0.497 e. The van der Waals surface area contributed by atoms with Crippen molar-refractivity contribution in [3.8, 4) is 11.5 Å². The summed E-state index contributed by atoms with van der Waals surface area (Å²) in [5.74, 6) is 1.12. The summed E-state index contributed by atoms with van der Waals surface area (Å²) in [7, 11) is 4.86. The summed E-state index contributed by atoms with van der Waals surface area (Å²) in [4.78, 5) is 16.4. The molecule has 0 bridgehead atoms. The predicted molar refractivity (Wildman–Crippen MR) is 96.2 cm³/mol. The van der Waals surface area contributed by atoms with Crippen LogP contribution in [-0.2, 0) is 9.53 Å². The standard InChI is InChI=1S/C20H19NO4/c1-21-12-17-18(13-4-8-15(23-2)9-5-13)19(25-20(17)22)14-6-10-16(24-3)11-7-14/h4-12,19H,1-3H3. The Morgan fingerprint density at radius 1 is 0.960 bits per heavy atom. The van der Waals surface area contributed by atoms with Crippen LogP contribution < -0.4 is 9.47 Å². The molecular weight excluding hydrogens is 318 g/mol. The van der Waals surface area contributed by atoms with E-state index < -0.39 is 6.10 Å². The van der Waals surface area contributed by atoms with Gasteiger partial charge in [-0.1, -0.05) is 24.3 Å². The number of methoxy groups -OCH3 is 2. The molecule has 2 aromatic rings. The number of esters is 1. The summed E-state index contributed by atoms with van der Waals surface area (Å²) in [6, 6.07) is 15.0. The van der Waals surface area contributed by atoms with Crippen LogP contribution in [0.2, 0.25) is 0 Å². The first-order valence-electron chi connectivity index (χ1n) is 7.83. The van der Waals surface area contributed by atoms with Gasteiger partial charge in [-0.25, -0.2) is 4.79 Å². The van der Waals surface area contributed by atoms with Gasteiger partial charge in [-0.3, -0.25) is 4.99 Å². The molecule has 0 saturated heterocycles. The van der Waals surface area contributed by atoms with Crippen LogP contribution >= 0.6 is 0 Å². The third kappa shape index (κ3) is 3.26. The molecule has 128 valence electrons. The van der Waals surface area contributed by atoms with Gasteiger partial charge in [0, 0.05) is 18.8 Å². The Balaban J connectivity index is 2.08. The molecule has 0 aliphatic carbocycles. The van der Waals surface area contributed by atoms with E-state index in [1.807, 2.05) is 48.5 Å². The maximum Gasteiger partial charge on any atom is 0.341 e. The Hall–Kier alpha value is -3.08. The number of carbonyl (C=O) groups is 1. The second-order valence-electron chi connectivity index (χ2n) is 5.50. The highest BCUT2D eigenvalue weighted by Crippen LogP contribution is 2.41. The fraction of sp³-hybridized carbons (Fsp3) is 0.200. The van der Waals surface area contributed by atoms with Crippen LogP contribution in [0.3, 0.4) is 0 Å². The smallest absolute Gasteiger partial charge is 0.341 e. The van der Waals surface area contributed by atoms with E-state index in [0.717, 1.165) is 28.2 Å². The van der Waals surface area contributed by atoms with Gasteiger partial charge in [0.1, 0.15) is 11.5 Å². The highest BCUT2D eigenvalue weighted by Gasteiger charge is 2.35. The first-order valence-corrected chi connectivity index (χ1v) is 7.83. The summed E-state index contributed by atoms with van der Waals surface area (Å²) in [5.41, 5.74) is 3.03. The van der Waals surface area contributed by atoms with Crippen LogP contribution in [0.1, 0.15) is 17.2 Å². The Morgan fingerprint density at radius 3 is 2.04 bits per heavy atom. The fourth-order valence-corrected chi connectivity index (χ4v) is 2.82.